The smallest absolute Gasteiger partial charge is 0.158 e. The number of rotatable bonds is 3. The summed E-state index contributed by atoms with van der Waals surface area (Å²) in [6, 6.07) is 7.45. The van der Waals surface area contributed by atoms with Gasteiger partial charge in [0.25, 0.3) is 0 Å². The van der Waals surface area contributed by atoms with Gasteiger partial charge in [0.05, 0.1) is 0 Å². The monoisotopic (exact) mass is 208 g/mol. The quantitative estimate of drug-likeness (QED) is 0.694. The molecule has 1 nitrogen and oxygen atoms in total. The van der Waals surface area contributed by atoms with Crippen molar-refractivity contribution in [3.63, 3.8) is 0 Å². The minimum absolute atomic E-state index is 0.0359. The predicted molar refractivity (Wildman–Crippen MR) is 60.3 cm³/mol. The Kier molecular flexibility index (Phi) is 3.90. The predicted octanol–water partition coefficient (Wildman–Crippen LogP) is 3.58. The lowest BCUT2D eigenvalue weighted by Gasteiger charge is -1.98. The molecule has 14 heavy (non-hydrogen) atoms. The summed E-state index contributed by atoms with van der Waals surface area (Å²) in [6.07, 6.45) is 3.33. The number of halogens is 1. The van der Waals surface area contributed by atoms with E-state index in [-0.39, 0.29) is 11.7 Å². The molecule has 74 valence electrons. The minimum atomic E-state index is 0.0359. The van der Waals surface area contributed by atoms with Crippen LogP contribution in [-0.4, -0.2) is 5.78 Å². The van der Waals surface area contributed by atoms with Crippen LogP contribution in [-0.2, 0) is 4.79 Å². The number of carbonyl (C=O) groups is 1. The van der Waals surface area contributed by atoms with E-state index in [2.05, 4.69) is 0 Å². The summed E-state index contributed by atoms with van der Waals surface area (Å²) in [5.41, 5.74) is 0.878. The van der Waals surface area contributed by atoms with Crippen LogP contribution in [0.5, 0.6) is 0 Å². The van der Waals surface area contributed by atoms with Crippen molar-refractivity contribution in [1.29, 1.82) is 0 Å². The maximum Gasteiger partial charge on any atom is 0.158 e. The largest absolute Gasteiger partial charge is 0.295 e. The van der Waals surface area contributed by atoms with Crippen LogP contribution in [0, 0.1) is 5.92 Å². The highest BCUT2D eigenvalue weighted by atomic mass is 35.5. The van der Waals surface area contributed by atoms with E-state index in [1.54, 1.807) is 18.2 Å². The molecule has 0 aliphatic rings. The Hall–Kier alpha value is -1.08. The molecule has 0 aromatic heterocycles. The Morgan fingerprint density at radius 1 is 1.36 bits per heavy atom. The molecule has 0 bridgehead atoms. The topological polar surface area (TPSA) is 17.1 Å². The first-order valence-electron chi connectivity index (χ1n) is 4.57. The van der Waals surface area contributed by atoms with Crippen molar-refractivity contribution >= 4 is 23.5 Å². The van der Waals surface area contributed by atoms with Crippen molar-refractivity contribution in [1.82, 2.24) is 0 Å². The molecule has 0 amide bonds. The van der Waals surface area contributed by atoms with Gasteiger partial charge < -0.3 is 0 Å². The molecule has 0 heterocycles. The van der Waals surface area contributed by atoms with E-state index in [4.69, 9.17) is 11.6 Å². The molecule has 0 saturated heterocycles. The van der Waals surface area contributed by atoms with E-state index in [0.717, 1.165) is 5.56 Å². The average molecular weight is 209 g/mol. The lowest BCUT2D eigenvalue weighted by Crippen LogP contribution is -2.01. The molecule has 0 N–H and O–H groups in total. The fraction of sp³-hybridized carbons (Fsp3) is 0.250. The first-order chi connectivity index (χ1) is 6.61. The van der Waals surface area contributed by atoms with Crippen molar-refractivity contribution in [2.45, 2.75) is 13.8 Å². The van der Waals surface area contributed by atoms with Gasteiger partial charge in [-0.2, -0.15) is 0 Å². The Morgan fingerprint density at radius 2 is 2.00 bits per heavy atom. The zero-order valence-electron chi connectivity index (χ0n) is 8.33. The zero-order chi connectivity index (χ0) is 10.6. The van der Waals surface area contributed by atoms with Crippen LogP contribution in [0.3, 0.4) is 0 Å². The second-order valence-corrected chi connectivity index (χ2v) is 3.82. The Labute approximate surface area is 89.4 Å². The summed E-state index contributed by atoms with van der Waals surface area (Å²) in [5.74, 6) is 0.152. The number of benzene rings is 1. The lowest BCUT2D eigenvalue weighted by molar-refractivity contribution is -0.117. The van der Waals surface area contributed by atoms with Gasteiger partial charge in [0.15, 0.2) is 5.78 Å². The van der Waals surface area contributed by atoms with E-state index in [9.17, 15) is 4.79 Å². The second kappa shape index (κ2) is 4.97. The number of hydrogen-bond acceptors (Lipinski definition) is 1. The summed E-state index contributed by atoms with van der Waals surface area (Å²) in [7, 11) is 0. The van der Waals surface area contributed by atoms with Gasteiger partial charge in [-0.05, 0) is 23.8 Å². The van der Waals surface area contributed by atoms with Gasteiger partial charge in [-0.1, -0.05) is 43.6 Å². The molecule has 0 saturated carbocycles. The lowest BCUT2D eigenvalue weighted by atomic mass is 10.1. The fourth-order valence-corrected chi connectivity index (χ4v) is 1.17. The average Bonchev–Trinajstić information content (AvgIpc) is 2.16. The molecule has 2 heteroatoms. The molecule has 0 atom stereocenters. The summed E-state index contributed by atoms with van der Waals surface area (Å²) in [6.45, 7) is 3.75. The van der Waals surface area contributed by atoms with Crippen LogP contribution >= 0.6 is 11.6 Å². The maximum absolute atomic E-state index is 11.3. The van der Waals surface area contributed by atoms with Gasteiger partial charge >= 0.3 is 0 Å². The Balaban J connectivity index is 2.79. The Morgan fingerprint density at radius 3 is 2.57 bits per heavy atom. The second-order valence-electron chi connectivity index (χ2n) is 3.41. The molecule has 1 aromatic rings. The van der Waals surface area contributed by atoms with E-state index in [1.807, 2.05) is 32.0 Å². The number of carbonyl (C=O) groups excluding carboxylic acids is 1. The third kappa shape index (κ3) is 3.00. The molecule has 0 aliphatic heterocycles. The standard InChI is InChI=1S/C12H13ClO/c1-9(2)12(14)8-7-10-5-3-4-6-11(10)13/h3-9H,1-2H3/b8-7+. The van der Waals surface area contributed by atoms with Gasteiger partial charge in [0, 0.05) is 10.9 Å². The Bertz CT molecular complexity index is 353. The highest BCUT2D eigenvalue weighted by Crippen LogP contribution is 2.16. The first-order valence-corrected chi connectivity index (χ1v) is 4.95. The van der Waals surface area contributed by atoms with Crippen molar-refractivity contribution in [3.05, 3.63) is 40.9 Å². The third-order valence-corrected chi connectivity index (χ3v) is 2.25. The summed E-state index contributed by atoms with van der Waals surface area (Å²) in [5, 5.41) is 0.667. The van der Waals surface area contributed by atoms with E-state index in [0.29, 0.717) is 5.02 Å². The molecule has 1 rings (SSSR count). The van der Waals surface area contributed by atoms with Crippen LogP contribution < -0.4 is 0 Å². The highest BCUT2D eigenvalue weighted by molar-refractivity contribution is 6.32. The molecule has 0 aliphatic carbocycles. The van der Waals surface area contributed by atoms with Crippen LogP contribution in [0.2, 0.25) is 5.02 Å². The molecule has 1 aromatic carbocycles. The number of hydrogen-bond donors (Lipinski definition) is 0. The first kappa shape index (κ1) is 11.0. The van der Waals surface area contributed by atoms with E-state index < -0.39 is 0 Å². The van der Waals surface area contributed by atoms with Crippen LogP contribution in [0.25, 0.3) is 6.08 Å². The van der Waals surface area contributed by atoms with Crippen molar-refractivity contribution in [3.8, 4) is 0 Å². The van der Waals surface area contributed by atoms with Crippen LogP contribution in [0.4, 0.5) is 0 Å². The van der Waals surface area contributed by atoms with Crippen molar-refractivity contribution < 1.29 is 4.79 Å². The van der Waals surface area contributed by atoms with E-state index >= 15 is 0 Å². The molecular formula is C12H13ClO. The minimum Gasteiger partial charge on any atom is -0.295 e. The molecule has 0 radical (unpaired) electrons. The summed E-state index contributed by atoms with van der Waals surface area (Å²) >= 11 is 5.92. The van der Waals surface area contributed by atoms with E-state index in [1.165, 1.54) is 0 Å². The van der Waals surface area contributed by atoms with Gasteiger partial charge in [0.1, 0.15) is 0 Å². The molecular weight excluding hydrogens is 196 g/mol. The SMILES string of the molecule is CC(C)C(=O)/C=C/c1ccccc1Cl. The number of ketones is 1. The zero-order valence-corrected chi connectivity index (χ0v) is 9.08. The summed E-state index contributed by atoms with van der Waals surface area (Å²) < 4.78 is 0. The van der Waals surface area contributed by atoms with Gasteiger partial charge in [0.2, 0.25) is 0 Å². The van der Waals surface area contributed by atoms with Crippen LogP contribution in [0.15, 0.2) is 30.3 Å². The fourth-order valence-electron chi connectivity index (χ4n) is 0.975. The summed E-state index contributed by atoms with van der Waals surface area (Å²) in [4.78, 5) is 11.3. The van der Waals surface area contributed by atoms with Gasteiger partial charge in [-0.25, -0.2) is 0 Å². The molecule has 0 fully saturated rings. The third-order valence-electron chi connectivity index (χ3n) is 1.90. The molecule has 0 spiro atoms. The van der Waals surface area contributed by atoms with Gasteiger partial charge in [-0.15, -0.1) is 0 Å². The maximum atomic E-state index is 11.3. The van der Waals surface area contributed by atoms with Crippen molar-refractivity contribution in [2.75, 3.05) is 0 Å². The number of allylic oxidation sites excluding steroid dienone is 1. The highest BCUT2D eigenvalue weighted by Gasteiger charge is 2.02. The normalized spacial score (nSPS) is 11.1. The van der Waals surface area contributed by atoms with Crippen LogP contribution in [0.1, 0.15) is 19.4 Å². The molecule has 0 unspecified atom stereocenters. The van der Waals surface area contributed by atoms with Crippen molar-refractivity contribution in [2.24, 2.45) is 5.92 Å². The van der Waals surface area contributed by atoms with Gasteiger partial charge in [-0.3, -0.25) is 4.79 Å².